The minimum atomic E-state index is -2.08. The molecule has 4 aromatic rings. The Morgan fingerprint density at radius 3 is 2.55 bits per heavy atom. The largest absolute Gasteiger partial charge is 0.481 e. The normalized spacial score (nSPS) is 22.8. The van der Waals surface area contributed by atoms with Gasteiger partial charge in [0.2, 0.25) is 5.88 Å². The van der Waals surface area contributed by atoms with Crippen LogP contribution in [0.5, 0.6) is 5.88 Å². The molecule has 0 N–H and O–H groups in total. The number of nitrogens with zero attached hydrogens (tertiary/aromatic N) is 9. The molecule has 0 saturated carbocycles. The van der Waals surface area contributed by atoms with E-state index < -0.39 is 6.98 Å². The molecule has 8 heterocycles. The van der Waals surface area contributed by atoms with E-state index in [-0.39, 0.29) is 0 Å². The molecule has 2 unspecified atom stereocenters. The van der Waals surface area contributed by atoms with Gasteiger partial charge in [-0.25, -0.2) is 14.5 Å². The molecule has 2 bridgehead atoms. The van der Waals surface area contributed by atoms with E-state index >= 15 is 0 Å². The van der Waals surface area contributed by atoms with E-state index in [0.717, 1.165) is 47.8 Å². The number of piperazine rings is 2. The van der Waals surface area contributed by atoms with Gasteiger partial charge in [0.25, 0.3) is 0 Å². The van der Waals surface area contributed by atoms with Gasteiger partial charge in [0, 0.05) is 91.6 Å². The molecule has 204 valence electrons. The predicted molar refractivity (Wildman–Crippen MR) is 154 cm³/mol. The molecule has 4 aromatic heterocycles. The van der Waals surface area contributed by atoms with Gasteiger partial charge in [0.15, 0.2) is 0 Å². The van der Waals surface area contributed by atoms with Crippen LogP contribution in [-0.2, 0) is 6.54 Å². The monoisotopic (exact) mass is 538 g/mol. The Kier molecular flexibility index (Phi) is 5.44. The first-order chi connectivity index (χ1) is 20.8. The average Bonchev–Trinajstić information content (AvgIpc) is 3.46. The Balaban J connectivity index is 1.09. The third kappa shape index (κ3) is 4.41. The van der Waals surface area contributed by atoms with Crippen molar-refractivity contribution >= 4 is 17.0 Å². The summed E-state index contributed by atoms with van der Waals surface area (Å²) in [5.74, 6) is 1.58. The zero-order valence-corrected chi connectivity index (χ0v) is 22.4. The molecule has 10 heteroatoms. The van der Waals surface area contributed by atoms with Crippen LogP contribution in [0.25, 0.3) is 16.6 Å². The molecule has 0 radical (unpaired) electrons. The van der Waals surface area contributed by atoms with Crippen LogP contribution in [0.15, 0.2) is 55.1 Å². The summed E-state index contributed by atoms with van der Waals surface area (Å²) in [6.07, 6.45) is 8.48. The van der Waals surface area contributed by atoms with Gasteiger partial charge in [0.05, 0.1) is 36.3 Å². The number of aromatic nitrogens is 4. The van der Waals surface area contributed by atoms with Crippen molar-refractivity contribution in [3.05, 3.63) is 66.2 Å². The second kappa shape index (κ2) is 10.1. The molecule has 4 aliphatic rings. The van der Waals surface area contributed by atoms with E-state index in [1.165, 1.54) is 16.9 Å². The zero-order valence-electron chi connectivity index (χ0n) is 25.4. The molecule has 4 saturated heterocycles. The molecule has 0 aliphatic carbocycles. The third-order valence-electron chi connectivity index (χ3n) is 8.46. The minimum Gasteiger partial charge on any atom is -0.481 e. The highest BCUT2D eigenvalue weighted by atomic mass is 16.5. The number of pyridine rings is 3. The lowest BCUT2D eigenvalue weighted by Gasteiger charge is -2.56. The van der Waals surface area contributed by atoms with Gasteiger partial charge in [-0.1, -0.05) is 6.07 Å². The van der Waals surface area contributed by atoms with E-state index in [9.17, 15) is 5.26 Å². The molecule has 4 aliphatic heterocycles. The highest BCUT2D eigenvalue weighted by molar-refractivity contribution is 5.86. The number of hydrogen-bond donors (Lipinski definition) is 0. The summed E-state index contributed by atoms with van der Waals surface area (Å²) in [6.45, 7) is 2.75. The first-order valence-electron chi connectivity index (χ1n) is 15.2. The predicted octanol–water partition coefficient (Wildman–Crippen LogP) is 2.89. The molecule has 0 amide bonds. The Morgan fingerprint density at radius 1 is 1.02 bits per heavy atom. The first-order valence-corrected chi connectivity index (χ1v) is 13.7. The summed E-state index contributed by atoms with van der Waals surface area (Å²) in [5.41, 5.74) is 5.16. The Bertz CT molecular complexity index is 1650. The zero-order chi connectivity index (χ0) is 29.7. The minimum absolute atomic E-state index is 0.453. The number of hydrogen-bond acceptors (Lipinski definition) is 9. The average molecular weight is 539 g/mol. The van der Waals surface area contributed by atoms with Gasteiger partial charge in [-0.05, 0) is 37.2 Å². The standard InChI is InChI=1S/C30H33N9O/c1-35-7-9-36(10-8-35)24-12-27(30-23(13-31)16-34-39(30)20-24)22-4-5-28(32-15-22)37-18-25-11-26(19-37)38(25)17-21-3-6-29(40-2)33-14-21/h3-6,12,14-16,20,25-26H,7-11,17-19H2,1-2H3/i1D3. The second-order valence-electron chi connectivity index (χ2n) is 10.8. The lowest BCUT2D eigenvalue weighted by atomic mass is 9.87. The van der Waals surface area contributed by atoms with Crippen molar-refractivity contribution in [2.75, 3.05) is 63.2 Å². The van der Waals surface area contributed by atoms with Crippen LogP contribution in [0.3, 0.4) is 0 Å². The van der Waals surface area contributed by atoms with Gasteiger partial charge in [0.1, 0.15) is 11.9 Å². The van der Waals surface area contributed by atoms with E-state index in [0.29, 0.717) is 49.7 Å². The molecule has 2 atom stereocenters. The van der Waals surface area contributed by atoms with Crippen LogP contribution in [0, 0.1) is 11.3 Å². The van der Waals surface area contributed by atoms with Gasteiger partial charge in [-0.15, -0.1) is 0 Å². The maximum absolute atomic E-state index is 9.79. The van der Waals surface area contributed by atoms with E-state index in [1.54, 1.807) is 17.8 Å². The van der Waals surface area contributed by atoms with Crippen molar-refractivity contribution in [2.45, 2.75) is 25.0 Å². The van der Waals surface area contributed by atoms with Crippen molar-refractivity contribution in [1.82, 2.24) is 29.4 Å². The van der Waals surface area contributed by atoms with Crippen LogP contribution < -0.4 is 14.5 Å². The van der Waals surface area contributed by atoms with Gasteiger partial charge in [-0.2, -0.15) is 10.4 Å². The molecular formula is C30H33N9O. The number of anilines is 2. The number of nitriles is 1. The van der Waals surface area contributed by atoms with Crippen LogP contribution in [-0.4, -0.2) is 94.8 Å². The molecule has 0 aromatic carbocycles. The summed E-state index contributed by atoms with van der Waals surface area (Å²) < 4.78 is 30.1. The number of likely N-dealkylation sites (N-methyl/N-ethyl adjacent to an activating group) is 1. The summed E-state index contributed by atoms with van der Waals surface area (Å²) in [6, 6.07) is 13.4. The lowest BCUT2D eigenvalue weighted by Crippen LogP contribution is -2.68. The summed E-state index contributed by atoms with van der Waals surface area (Å²) in [7, 11) is 1.63. The van der Waals surface area contributed by atoms with Crippen LogP contribution >= 0.6 is 0 Å². The van der Waals surface area contributed by atoms with Crippen molar-refractivity contribution in [3.63, 3.8) is 0 Å². The summed E-state index contributed by atoms with van der Waals surface area (Å²) in [5, 5.41) is 14.3. The van der Waals surface area contributed by atoms with Crippen LogP contribution in [0.1, 0.15) is 21.7 Å². The fourth-order valence-corrected chi connectivity index (χ4v) is 6.25. The van der Waals surface area contributed by atoms with Crippen molar-refractivity contribution in [2.24, 2.45) is 0 Å². The quantitative estimate of drug-likeness (QED) is 0.368. The maximum Gasteiger partial charge on any atom is 0.212 e. The Labute approximate surface area is 238 Å². The number of methoxy groups -OCH3 is 1. The SMILES string of the molecule is [2H]C([2H])([2H])N1CCN(c2cc(-c3ccc(N4CC5CC(C4)N5Cc4ccc(OC)nc4)nc3)c3c(C#N)cnn3c2)CC1. The fourth-order valence-electron chi connectivity index (χ4n) is 6.25. The van der Waals surface area contributed by atoms with Crippen LogP contribution in [0.4, 0.5) is 11.5 Å². The fraction of sp³-hybridized carbons (Fsp3) is 0.400. The van der Waals surface area contributed by atoms with Crippen LogP contribution in [0.2, 0.25) is 0 Å². The molecule has 40 heavy (non-hydrogen) atoms. The topological polar surface area (TPSA) is 89.1 Å². The molecule has 8 rings (SSSR count). The summed E-state index contributed by atoms with van der Waals surface area (Å²) in [4.78, 5) is 17.9. The van der Waals surface area contributed by atoms with E-state index in [1.807, 2.05) is 24.7 Å². The number of fused-ring (bicyclic) bond motifs is 3. The number of ether oxygens (including phenoxy) is 1. The van der Waals surface area contributed by atoms with Gasteiger partial charge >= 0.3 is 0 Å². The van der Waals surface area contributed by atoms with Crippen molar-refractivity contribution < 1.29 is 8.85 Å². The molecule has 10 nitrogen and oxygen atoms in total. The van der Waals surface area contributed by atoms with Crippen molar-refractivity contribution in [1.29, 1.82) is 5.26 Å². The molecule has 0 spiro atoms. The smallest absolute Gasteiger partial charge is 0.212 e. The molecular weight excluding hydrogens is 502 g/mol. The van der Waals surface area contributed by atoms with Gasteiger partial charge < -0.3 is 19.4 Å². The van der Waals surface area contributed by atoms with Gasteiger partial charge in [-0.3, -0.25) is 4.90 Å². The number of piperidine rings is 1. The summed E-state index contributed by atoms with van der Waals surface area (Å²) >= 11 is 0. The lowest BCUT2D eigenvalue weighted by molar-refractivity contribution is -0.00876. The highest BCUT2D eigenvalue weighted by Crippen LogP contribution is 2.37. The second-order valence-corrected chi connectivity index (χ2v) is 10.8. The third-order valence-corrected chi connectivity index (χ3v) is 8.46. The van der Waals surface area contributed by atoms with Crippen molar-refractivity contribution in [3.8, 4) is 23.1 Å². The molecule has 4 fully saturated rings. The highest BCUT2D eigenvalue weighted by Gasteiger charge is 2.44. The first kappa shape index (κ1) is 21.6. The Hall–Kier alpha value is -4.20. The Morgan fingerprint density at radius 2 is 1.88 bits per heavy atom. The van der Waals surface area contributed by atoms with E-state index in [4.69, 9.17) is 13.8 Å². The number of rotatable bonds is 6. The van der Waals surface area contributed by atoms with E-state index in [2.05, 4.69) is 55.1 Å². The maximum atomic E-state index is 9.79.